The zero-order valence-electron chi connectivity index (χ0n) is 31.6. The number of aliphatic hydroxyl groups excluding tert-OH is 2. The van der Waals surface area contributed by atoms with Crippen molar-refractivity contribution in [2.75, 3.05) is 26.4 Å². The van der Waals surface area contributed by atoms with Gasteiger partial charge in [0.25, 0.3) is 0 Å². The molecule has 0 bridgehead atoms. The van der Waals surface area contributed by atoms with Gasteiger partial charge in [0, 0.05) is 12.8 Å². The maximum Gasteiger partial charge on any atom is 0.472 e. The highest BCUT2D eigenvalue weighted by molar-refractivity contribution is 7.47. The fourth-order valence-electron chi connectivity index (χ4n) is 5.28. The molecular weight excluding hydrogens is 659 g/mol. The predicted molar refractivity (Wildman–Crippen MR) is 201 cm³/mol. The number of esters is 2. The van der Waals surface area contributed by atoms with Crippen LogP contribution in [0.25, 0.3) is 0 Å². The number of rotatable bonds is 37. The number of carbonyl (C=O) groups is 2. The zero-order chi connectivity index (χ0) is 37.0. The van der Waals surface area contributed by atoms with Crippen molar-refractivity contribution in [3.05, 3.63) is 24.3 Å². The van der Waals surface area contributed by atoms with E-state index in [0.717, 1.165) is 57.8 Å². The van der Waals surface area contributed by atoms with Crippen molar-refractivity contribution in [1.29, 1.82) is 0 Å². The molecule has 0 fully saturated rings. The number of hydrogen-bond acceptors (Lipinski definition) is 9. The highest BCUT2D eigenvalue weighted by atomic mass is 31.2. The molecule has 1 unspecified atom stereocenters. The first-order valence-corrected chi connectivity index (χ1v) is 21.3. The number of phosphoric acid groups is 1. The highest BCUT2D eigenvalue weighted by Crippen LogP contribution is 2.43. The summed E-state index contributed by atoms with van der Waals surface area (Å²) in [6, 6.07) is 0. The molecule has 0 heterocycles. The number of phosphoric ester groups is 1. The van der Waals surface area contributed by atoms with Crippen molar-refractivity contribution < 1.29 is 47.8 Å². The number of allylic oxidation sites excluding steroid dienone is 4. The second-order valence-electron chi connectivity index (χ2n) is 13.3. The number of ether oxygens (including phenoxy) is 2. The molecule has 0 aromatic rings. The van der Waals surface area contributed by atoms with Gasteiger partial charge in [-0.15, -0.1) is 0 Å². The molecule has 10 nitrogen and oxygen atoms in total. The van der Waals surface area contributed by atoms with E-state index in [1.807, 2.05) is 0 Å². The average Bonchev–Trinajstić information content (AvgIpc) is 3.10. The Labute approximate surface area is 304 Å². The first-order valence-electron chi connectivity index (χ1n) is 19.8. The van der Waals surface area contributed by atoms with Crippen molar-refractivity contribution in [1.82, 2.24) is 0 Å². The van der Waals surface area contributed by atoms with Crippen LogP contribution in [0.4, 0.5) is 0 Å². The summed E-state index contributed by atoms with van der Waals surface area (Å²) in [5, 5.41) is 18.3. The van der Waals surface area contributed by atoms with Gasteiger partial charge < -0.3 is 24.6 Å². The van der Waals surface area contributed by atoms with Crippen LogP contribution >= 0.6 is 7.82 Å². The lowest BCUT2D eigenvalue weighted by Gasteiger charge is -2.20. The molecule has 0 aliphatic heterocycles. The summed E-state index contributed by atoms with van der Waals surface area (Å²) in [4.78, 5) is 34.8. The maximum absolute atomic E-state index is 12.6. The van der Waals surface area contributed by atoms with E-state index >= 15 is 0 Å². The molecule has 3 N–H and O–H groups in total. The van der Waals surface area contributed by atoms with Gasteiger partial charge in [0.1, 0.15) is 12.7 Å². The smallest absolute Gasteiger partial charge is 0.462 e. The van der Waals surface area contributed by atoms with E-state index in [0.29, 0.717) is 12.8 Å². The number of hydrogen-bond donors (Lipinski definition) is 3. The van der Waals surface area contributed by atoms with E-state index in [1.54, 1.807) is 0 Å². The fourth-order valence-corrected chi connectivity index (χ4v) is 6.07. The third kappa shape index (κ3) is 34.9. The SMILES string of the molecule is CCCCCC/C=C/C=C/CCCCCCCC(=O)O[C@H](COC(=O)CCCCCCCCCCCCCC)COP(=O)(O)OC[C@@H](O)CO. The molecule has 0 rings (SSSR count). The normalized spacial score (nSPS) is 14.3. The molecular formula is C39H73O10P. The van der Waals surface area contributed by atoms with Crippen molar-refractivity contribution in [2.45, 2.75) is 187 Å². The first-order chi connectivity index (χ1) is 24.2. The summed E-state index contributed by atoms with van der Waals surface area (Å²) >= 11 is 0. The lowest BCUT2D eigenvalue weighted by molar-refractivity contribution is -0.161. The van der Waals surface area contributed by atoms with E-state index in [4.69, 9.17) is 19.1 Å². The Hall–Kier alpha value is -1.55. The summed E-state index contributed by atoms with van der Waals surface area (Å²) in [5.74, 6) is -0.940. The van der Waals surface area contributed by atoms with Gasteiger partial charge in [-0.25, -0.2) is 4.57 Å². The van der Waals surface area contributed by atoms with Crippen LogP contribution in [0.3, 0.4) is 0 Å². The molecule has 50 heavy (non-hydrogen) atoms. The van der Waals surface area contributed by atoms with Crippen LogP contribution in [0.2, 0.25) is 0 Å². The standard InChI is InChI=1S/C39H73O10P/c1-3-5-7-9-11-13-15-17-18-19-21-23-25-27-29-31-39(43)49-37(35-48-50(44,45)47-33-36(41)32-40)34-46-38(42)30-28-26-24-22-20-16-14-12-10-8-6-4-2/h13,15,17-18,36-37,40-41H,3-12,14,16,19-35H2,1-2H3,(H,44,45)/b15-13+,18-17+/t36-,37+/m0/s1. The van der Waals surface area contributed by atoms with E-state index in [1.165, 1.54) is 77.0 Å². The Morgan fingerprint density at radius 3 is 1.52 bits per heavy atom. The summed E-state index contributed by atoms with van der Waals surface area (Å²) in [5.41, 5.74) is 0. The predicted octanol–water partition coefficient (Wildman–Crippen LogP) is 9.83. The molecule has 0 spiro atoms. The van der Waals surface area contributed by atoms with E-state index in [-0.39, 0.29) is 19.4 Å². The van der Waals surface area contributed by atoms with Gasteiger partial charge in [-0.05, 0) is 38.5 Å². The Morgan fingerprint density at radius 1 is 0.600 bits per heavy atom. The van der Waals surface area contributed by atoms with Crippen molar-refractivity contribution >= 4 is 19.8 Å². The molecule has 0 aliphatic rings. The molecule has 3 atom stereocenters. The second-order valence-corrected chi connectivity index (χ2v) is 14.8. The van der Waals surface area contributed by atoms with E-state index in [9.17, 15) is 24.2 Å². The van der Waals surface area contributed by atoms with Crippen LogP contribution in [-0.2, 0) is 32.7 Å². The number of aliphatic hydroxyl groups is 2. The Kier molecular flexibility index (Phi) is 34.7. The summed E-state index contributed by atoms with van der Waals surface area (Å²) in [6.07, 6.45) is 32.8. The molecule has 0 radical (unpaired) electrons. The topological polar surface area (TPSA) is 149 Å². The summed E-state index contributed by atoms with van der Waals surface area (Å²) in [6.45, 7) is 2.33. The van der Waals surface area contributed by atoms with Gasteiger partial charge in [0.2, 0.25) is 0 Å². The van der Waals surface area contributed by atoms with Gasteiger partial charge in [-0.1, -0.05) is 147 Å². The van der Waals surface area contributed by atoms with Crippen LogP contribution < -0.4 is 0 Å². The minimum Gasteiger partial charge on any atom is -0.462 e. The van der Waals surface area contributed by atoms with Gasteiger partial charge in [-0.2, -0.15) is 0 Å². The Bertz CT molecular complexity index is 894. The summed E-state index contributed by atoms with van der Waals surface area (Å²) < 4.78 is 32.6. The van der Waals surface area contributed by atoms with Crippen molar-refractivity contribution in [3.8, 4) is 0 Å². The molecule has 0 aliphatic carbocycles. The Morgan fingerprint density at radius 2 is 1.02 bits per heavy atom. The minimum atomic E-state index is -4.61. The van der Waals surface area contributed by atoms with Crippen LogP contribution in [0.1, 0.15) is 174 Å². The lowest BCUT2D eigenvalue weighted by Crippen LogP contribution is -2.29. The van der Waals surface area contributed by atoms with Gasteiger partial charge in [-0.3, -0.25) is 18.6 Å². The van der Waals surface area contributed by atoms with Crippen molar-refractivity contribution in [3.63, 3.8) is 0 Å². The third-order valence-corrected chi connectivity index (χ3v) is 9.34. The fraction of sp³-hybridized carbons (Fsp3) is 0.846. The Balaban J connectivity index is 4.38. The van der Waals surface area contributed by atoms with Crippen LogP contribution in [0.15, 0.2) is 24.3 Å². The van der Waals surface area contributed by atoms with Crippen LogP contribution in [0.5, 0.6) is 0 Å². The quantitative estimate of drug-likeness (QED) is 0.0244. The molecule has 0 amide bonds. The van der Waals surface area contributed by atoms with E-state index in [2.05, 4.69) is 42.7 Å². The zero-order valence-corrected chi connectivity index (χ0v) is 32.5. The number of carbonyl (C=O) groups excluding carboxylic acids is 2. The van der Waals surface area contributed by atoms with Crippen LogP contribution in [0, 0.1) is 0 Å². The molecule has 0 saturated carbocycles. The molecule has 11 heteroatoms. The second kappa shape index (κ2) is 35.8. The average molecular weight is 733 g/mol. The van der Waals surface area contributed by atoms with Gasteiger partial charge in [0.15, 0.2) is 6.10 Å². The molecule has 294 valence electrons. The van der Waals surface area contributed by atoms with Gasteiger partial charge >= 0.3 is 19.8 Å². The van der Waals surface area contributed by atoms with Gasteiger partial charge in [0.05, 0.1) is 19.8 Å². The summed E-state index contributed by atoms with van der Waals surface area (Å²) in [7, 11) is -4.61. The third-order valence-electron chi connectivity index (χ3n) is 8.39. The number of unbranched alkanes of at least 4 members (excludes halogenated alkanes) is 20. The monoisotopic (exact) mass is 732 g/mol. The maximum atomic E-state index is 12.6. The van der Waals surface area contributed by atoms with E-state index < -0.39 is 51.8 Å². The lowest BCUT2D eigenvalue weighted by atomic mass is 10.0. The highest BCUT2D eigenvalue weighted by Gasteiger charge is 2.27. The molecule has 0 aromatic heterocycles. The molecule has 0 aromatic carbocycles. The molecule has 0 saturated heterocycles. The first kappa shape index (κ1) is 48.5. The largest absolute Gasteiger partial charge is 0.472 e. The van der Waals surface area contributed by atoms with Crippen molar-refractivity contribution in [2.24, 2.45) is 0 Å². The minimum absolute atomic E-state index is 0.169. The van der Waals surface area contributed by atoms with Crippen LogP contribution in [-0.4, -0.2) is 65.7 Å².